The van der Waals surface area contributed by atoms with Crippen molar-refractivity contribution in [2.45, 2.75) is 23.7 Å². The zero-order chi connectivity index (χ0) is 25.6. The predicted octanol–water partition coefficient (Wildman–Crippen LogP) is 4.58. The summed E-state index contributed by atoms with van der Waals surface area (Å²) in [7, 11) is -3.81. The Hall–Kier alpha value is -3.39. The number of H-pyrrole nitrogens is 1. The van der Waals surface area contributed by atoms with Gasteiger partial charge < -0.3 is 9.88 Å². The molecule has 1 N–H and O–H groups in total. The van der Waals surface area contributed by atoms with Crippen molar-refractivity contribution in [2.75, 3.05) is 18.0 Å². The molecule has 0 spiro atoms. The van der Waals surface area contributed by atoms with Crippen molar-refractivity contribution in [3.63, 3.8) is 0 Å². The van der Waals surface area contributed by atoms with Crippen LogP contribution in [0.15, 0.2) is 71.9 Å². The highest BCUT2D eigenvalue weighted by atomic mass is 127. The van der Waals surface area contributed by atoms with Gasteiger partial charge in [-0.1, -0.05) is 18.2 Å². The van der Waals surface area contributed by atoms with E-state index in [9.17, 15) is 12.8 Å². The Kier molecular flexibility index (Phi) is 6.15. The number of nitrogens with zero attached hydrogens (tertiary/aromatic N) is 6. The summed E-state index contributed by atoms with van der Waals surface area (Å²) in [6.45, 7) is 1.44. The number of halogens is 2. The average Bonchev–Trinajstić information content (AvgIpc) is 3.54. The highest BCUT2D eigenvalue weighted by Gasteiger charge is 2.28. The molecule has 12 heteroatoms. The molecule has 1 fully saturated rings. The van der Waals surface area contributed by atoms with Gasteiger partial charge in [-0.3, -0.25) is 0 Å². The molecule has 0 unspecified atom stereocenters. The molecule has 1 aliphatic rings. The van der Waals surface area contributed by atoms with Crippen LogP contribution < -0.4 is 4.90 Å². The number of nitrogens with one attached hydrogen (secondary N) is 1. The summed E-state index contributed by atoms with van der Waals surface area (Å²) in [5, 5.41) is 9.29. The quantitative estimate of drug-likeness (QED) is 0.284. The number of fused-ring (bicyclic) bond motifs is 1. The molecular formula is C25H21FIN7O2S. The summed E-state index contributed by atoms with van der Waals surface area (Å²) in [5.41, 5.74) is 1.14. The van der Waals surface area contributed by atoms with E-state index in [1.165, 1.54) is 22.4 Å². The normalized spacial score (nSPS) is 14.9. The Morgan fingerprint density at radius 2 is 1.70 bits per heavy atom. The third-order valence-electron chi connectivity index (χ3n) is 6.58. The van der Waals surface area contributed by atoms with Gasteiger partial charge in [0.05, 0.1) is 14.0 Å². The molecule has 4 heterocycles. The van der Waals surface area contributed by atoms with Gasteiger partial charge in [0, 0.05) is 24.6 Å². The second-order valence-corrected chi connectivity index (χ2v) is 11.7. The first-order chi connectivity index (χ1) is 17.9. The highest BCUT2D eigenvalue weighted by molar-refractivity contribution is 14.1. The second-order valence-electron chi connectivity index (χ2n) is 8.81. The number of aromatic amines is 1. The number of piperidine rings is 1. The maximum absolute atomic E-state index is 13.4. The summed E-state index contributed by atoms with van der Waals surface area (Å²) in [4.78, 5) is 14.5. The van der Waals surface area contributed by atoms with Gasteiger partial charge in [0.2, 0.25) is 0 Å². The third-order valence-corrected chi connectivity index (χ3v) is 9.42. The molecule has 6 rings (SSSR count). The van der Waals surface area contributed by atoms with E-state index in [0.29, 0.717) is 26.4 Å². The van der Waals surface area contributed by atoms with Gasteiger partial charge in [-0.15, -0.1) is 10.2 Å². The molecule has 0 bridgehead atoms. The number of hydrogen-bond donors (Lipinski definition) is 1. The number of benzene rings is 2. The zero-order valence-electron chi connectivity index (χ0n) is 19.4. The lowest BCUT2D eigenvalue weighted by Gasteiger charge is -2.32. The van der Waals surface area contributed by atoms with Gasteiger partial charge in [0.25, 0.3) is 10.0 Å². The van der Waals surface area contributed by atoms with E-state index in [-0.39, 0.29) is 16.6 Å². The Labute approximate surface area is 226 Å². The standard InChI is InChI=1S/C25H21FIN7O2S/c26-18-8-6-16(7-9-18)22-30-23(32-31-22)17-10-12-33(13-11-17)24-20-14-21(27)34(25(20)29-15-28-24)37(35,36)19-4-2-1-3-5-19/h1-9,14-15,17H,10-13H2,(H,30,31,32). The summed E-state index contributed by atoms with van der Waals surface area (Å²) in [5.74, 6) is 2.04. The number of anilines is 1. The smallest absolute Gasteiger partial charge is 0.270 e. The molecule has 2 aromatic carbocycles. The predicted molar refractivity (Wildman–Crippen MR) is 145 cm³/mol. The topological polar surface area (TPSA) is 110 Å². The van der Waals surface area contributed by atoms with Crippen LogP contribution in [0.1, 0.15) is 24.6 Å². The summed E-state index contributed by atoms with van der Waals surface area (Å²) in [6, 6.07) is 16.3. The van der Waals surface area contributed by atoms with Crippen molar-refractivity contribution < 1.29 is 12.8 Å². The largest absolute Gasteiger partial charge is 0.356 e. The lowest BCUT2D eigenvalue weighted by Crippen LogP contribution is -2.34. The molecule has 5 aromatic rings. The lowest BCUT2D eigenvalue weighted by molar-refractivity contribution is 0.485. The fourth-order valence-electron chi connectivity index (χ4n) is 4.69. The Morgan fingerprint density at radius 3 is 2.43 bits per heavy atom. The second kappa shape index (κ2) is 9.49. The minimum Gasteiger partial charge on any atom is -0.356 e. The summed E-state index contributed by atoms with van der Waals surface area (Å²) in [6.07, 6.45) is 3.07. The number of rotatable bonds is 5. The molecule has 9 nitrogen and oxygen atoms in total. The van der Waals surface area contributed by atoms with Crippen LogP contribution in [0.25, 0.3) is 22.4 Å². The van der Waals surface area contributed by atoms with Crippen molar-refractivity contribution in [3.8, 4) is 11.4 Å². The Bertz CT molecular complexity index is 1680. The highest BCUT2D eigenvalue weighted by Crippen LogP contribution is 2.34. The molecule has 0 atom stereocenters. The fourth-order valence-corrected chi connectivity index (χ4v) is 7.37. The van der Waals surface area contributed by atoms with E-state index in [1.54, 1.807) is 42.5 Å². The van der Waals surface area contributed by atoms with Gasteiger partial charge in [-0.05, 0) is 77.9 Å². The van der Waals surface area contributed by atoms with Gasteiger partial charge >= 0.3 is 0 Å². The molecule has 37 heavy (non-hydrogen) atoms. The van der Waals surface area contributed by atoms with E-state index in [4.69, 9.17) is 0 Å². The first kappa shape index (κ1) is 24.0. The molecule has 1 saturated heterocycles. The molecule has 0 saturated carbocycles. The molecule has 3 aromatic heterocycles. The van der Waals surface area contributed by atoms with Crippen LogP contribution in [0.4, 0.5) is 10.2 Å². The maximum Gasteiger partial charge on any atom is 0.270 e. The minimum absolute atomic E-state index is 0.193. The molecule has 0 aliphatic carbocycles. The molecule has 188 valence electrons. The van der Waals surface area contributed by atoms with E-state index in [2.05, 4.69) is 30.0 Å². The molecule has 0 radical (unpaired) electrons. The minimum atomic E-state index is -3.81. The van der Waals surface area contributed by atoms with Crippen molar-refractivity contribution in [3.05, 3.63) is 82.3 Å². The van der Waals surface area contributed by atoms with Crippen LogP contribution in [-0.4, -0.2) is 50.6 Å². The number of aromatic nitrogens is 6. The fraction of sp³-hybridized carbons (Fsp3) is 0.200. The van der Waals surface area contributed by atoms with Crippen LogP contribution in [-0.2, 0) is 10.0 Å². The van der Waals surface area contributed by atoms with E-state index < -0.39 is 10.0 Å². The van der Waals surface area contributed by atoms with E-state index >= 15 is 0 Å². The van der Waals surface area contributed by atoms with Gasteiger partial charge in [0.1, 0.15) is 23.8 Å². The van der Waals surface area contributed by atoms with Gasteiger partial charge in [-0.25, -0.2) is 26.7 Å². The lowest BCUT2D eigenvalue weighted by atomic mass is 9.96. The SMILES string of the molecule is O=S(=O)(c1ccccc1)n1c(I)cc2c(N3CCC(c4nnc(-c5ccc(F)cc5)[nH]4)CC3)ncnc21. The van der Waals surface area contributed by atoms with Crippen LogP contribution in [0.2, 0.25) is 0 Å². The van der Waals surface area contributed by atoms with Crippen molar-refractivity contribution >= 4 is 49.5 Å². The number of hydrogen-bond acceptors (Lipinski definition) is 7. The molecule has 1 aliphatic heterocycles. The first-order valence-electron chi connectivity index (χ1n) is 11.7. The Morgan fingerprint density at radius 1 is 0.973 bits per heavy atom. The first-order valence-corrected chi connectivity index (χ1v) is 14.2. The summed E-state index contributed by atoms with van der Waals surface area (Å²) >= 11 is 2.03. The van der Waals surface area contributed by atoms with Gasteiger partial charge in [0.15, 0.2) is 11.5 Å². The van der Waals surface area contributed by atoms with E-state index in [0.717, 1.165) is 37.3 Å². The van der Waals surface area contributed by atoms with Crippen molar-refractivity contribution in [1.29, 1.82) is 0 Å². The van der Waals surface area contributed by atoms with Crippen molar-refractivity contribution in [1.82, 2.24) is 29.1 Å². The van der Waals surface area contributed by atoms with Crippen LogP contribution in [0.3, 0.4) is 0 Å². The van der Waals surface area contributed by atoms with Crippen LogP contribution in [0, 0.1) is 9.52 Å². The maximum atomic E-state index is 13.4. The van der Waals surface area contributed by atoms with Crippen LogP contribution >= 0.6 is 22.6 Å². The molecular weight excluding hydrogens is 608 g/mol. The average molecular weight is 629 g/mol. The monoisotopic (exact) mass is 629 g/mol. The Balaban J connectivity index is 1.24. The van der Waals surface area contributed by atoms with Gasteiger partial charge in [-0.2, -0.15) is 0 Å². The molecule has 0 amide bonds. The van der Waals surface area contributed by atoms with Crippen LogP contribution in [0.5, 0.6) is 0 Å². The van der Waals surface area contributed by atoms with Crippen molar-refractivity contribution in [2.24, 2.45) is 0 Å². The zero-order valence-corrected chi connectivity index (χ0v) is 22.4. The summed E-state index contributed by atoms with van der Waals surface area (Å²) < 4.78 is 41.8. The van der Waals surface area contributed by atoms with E-state index in [1.807, 2.05) is 28.7 Å². The third kappa shape index (κ3) is 4.37.